The zero-order valence-electron chi connectivity index (χ0n) is 18.6. The molecule has 170 valence electrons. The molecule has 3 rings (SSSR count). The van der Waals surface area contributed by atoms with Gasteiger partial charge in [0, 0.05) is 6.61 Å². The Kier molecular flexibility index (Phi) is 9.20. The summed E-state index contributed by atoms with van der Waals surface area (Å²) in [4.78, 5) is 0. The Hall–Kier alpha value is -0.250. The average Bonchev–Trinajstić information content (AvgIpc) is 2.72. The highest BCUT2D eigenvalue weighted by Crippen LogP contribution is 2.47. The molecule has 0 radical (unpaired) electrons. The van der Waals surface area contributed by atoms with Gasteiger partial charge in [-0.15, -0.1) is 0 Å². The summed E-state index contributed by atoms with van der Waals surface area (Å²) in [5, 5.41) is 0. The number of unbranched alkanes of at least 4 members (excludes halogenated alkanes) is 3. The molecule has 0 heterocycles. The van der Waals surface area contributed by atoms with E-state index in [0.29, 0.717) is 31.8 Å². The van der Waals surface area contributed by atoms with Gasteiger partial charge in [0.1, 0.15) is 12.3 Å². The van der Waals surface area contributed by atoms with Gasteiger partial charge in [-0.3, -0.25) is 0 Å². The summed E-state index contributed by atoms with van der Waals surface area (Å²) in [7, 11) is 0. The maximum atomic E-state index is 15.1. The standard InChI is InChI=1S/C25H43F3O/c1-3-4-5-6-15-29-23-14-13-21(24(27)25(23)28)19-11-12-20(22(26)16-19)18-9-7-17(2)8-10-18/h17-25H,3-16H2,1-2H3. The molecular weight excluding hydrogens is 373 g/mol. The number of halogens is 3. The summed E-state index contributed by atoms with van der Waals surface area (Å²) in [6.07, 6.45) is 7.98. The highest BCUT2D eigenvalue weighted by Gasteiger charge is 2.47. The highest BCUT2D eigenvalue weighted by molar-refractivity contribution is 4.95. The van der Waals surface area contributed by atoms with Crippen LogP contribution in [0, 0.1) is 29.6 Å². The predicted molar refractivity (Wildman–Crippen MR) is 113 cm³/mol. The lowest BCUT2D eigenvalue weighted by Gasteiger charge is -2.44. The number of hydrogen-bond donors (Lipinski definition) is 0. The minimum absolute atomic E-state index is 0.00233. The predicted octanol–water partition coefficient (Wildman–Crippen LogP) is 7.62. The second kappa shape index (κ2) is 11.4. The van der Waals surface area contributed by atoms with Gasteiger partial charge in [0.2, 0.25) is 0 Å². The molecule has 0 aliphatic heterocycles. The van der Waals surface area contributed by atoms with Gasteiger partial charge in [-0.1, -0.05) is 46.0 Å². The molecule has 1 nitrogen and oxygen atoms in total. The van der Waals surface area contributed by atoms with Crippen molar-refractivity contribution in [2.45, 2.75) is 122 Å². The minimum atomic E-state index is -1.55. The fraction of sp³-hybridized carbons (Fsp3) is 1.00. The van der Waals surface area contributed by atoms with Crippen LogP contribution in [0.1, 0.15) is 97.3 Å². The molecule has 0 aromatic carbocycles. The van der Waals surface area contributed by atoms with Crippen molar-refractivity contribution in [1.82, 2.24) is 0 Å². The van der Waals surface area contributed by atoms with Crippen LogP contribution in [0.25, 0.3) is 0 Å². The Morgan fingerprint density at radius 1 is 0.724 bits per heavy atom. The van der Waals surface area contributed by atoms with Crippen LogP contribution in [0.5, 0.6) is 0 Å². The largest absolute Gasteiger partial charge is 0.375 e. The maximum Gasteiger partial charge on any atom is 0.157 e. The fourth-order valence-corrected chi connectivity index (χ4v) is 6.35. The van der Waals surface area contributed by atoms with Crippen LogP contribution in [-0.2, 0) is 4.74 Å². The van der Waals surface area contributed by atoms with E-state index >= 15 is 4.39 Å². The highest BCUT2D eigenvalue weighted by atomic mass is 19.2. The Bertz CT molecular complexity index is 465. The normalized spacial score (nSPS) is 44.0. The number of rotatable bonds is 8. The molecule has 0 N–H and O–H groups in total. The first-order valence-electron chi connectivity index (χ1n) is 12.5. The third-order valence-corrected chi connectivity index (χ3v) is 8.32. The molecule has 7 atom stereocenters. The van der Waals surface area contributed by atoms with Crippen LogP contribution in [0.2, 0.25) is 0 Å². The monoisotopic (exact) mass is 416 g/mol. The molecule has 3 aliphatic rings. The molecule has 0 bridgehead atoms. The second-order valence-electron chi connectivity index (χ2n) is 10.4. The molecular formula is C25H43F3O. The lowest BCUT2D eigenvalue weighted by atomic mass is 9.64. The quantitative estimate of drug-likeness (QED) is 0.370. The van der Waals surface area contributed by atoms with E-state index < -0.39 is 24.6 Å². The summed E-state index contributed by atoms with van der Waals surface area (Å²) in [5.41, 5.74) is 0. The fourth-order valence-electron chi connectivity index (χ4n) is 6.35. The van der Waals surface area contributed by atoms with Gasteiger partial charge in [0.15, 0.2) is 6.17 Å². The summed E-state index contributed by atoms with van der Waals surface area (Å²) in [5.74, 6) is 1.12. The second-order valence-corrected chi connectivity index (χ2v) is 10.4. The van der Waals surface area contributed by atoms with E-state index in [2.05, 4.69) is 13.8 Å². The summed E-state index contributed by atoms with van der Waals surface area (Å²) < 4.78 is 50.4. The third kappa shape index (κ3) is 6.14. The van der Waals surface area contributed by atoms with Crippen molar-refractivity contribution in [2.24, 2.45) is 29.6 Å². The first kappa shape index (κ1) is 23.4. The van der Waals surface area contributed by atoms with E-state index in [9.17, 15) is 8.78 Å². The average molecular weight is 417 g/mol. The van der Waals surface area contributed by atoms with Crippen molar-refractivity contribution >= 4 is 0 Å². The molecule has 0 aromatic rings. The van der Waals surface area contributed by atoms with E-state index in [-0.39, 0.29) is 17.8 Å². The Labute approximate surface area is 176 Å². The zero-order valence-corrected chi connectivity index (χ0v) is 18.6. The molecule has 4 heteroatoms. The third-order valence-electron chi connectivity index (χ3n) is 8.32. The molecule has 3 saturated carbocycles. The molecule has 0 aromatic heterocycles. The molecule has 0 amide bonds. The summed E-state index contributed by atoms with van der Waals surface area (Å²) in [6, 6.07) is 0. The molecule has 0 spiro atoms. The first-order chi connectivity index (χ1) is 14.0. The smallest absolute Gasteiger partial charge is 0.157 e. The number of alkyl halides is 3. The Balaban J connectivity index is 1.44. The van der Waals surface area contributed by atoms with Crippen LogP contribution in [-0.4, -0.2) is 31.2 Å². The van der Waals surface area contributed by atoms with Gasteiger partial charge >= 0.3 is 0 Å². The zero-order chi connectivity index (χ0) is 20.8. The Morgan fingerprint density at radius 2 is 1.41 bits per heavy atom. The molecule has 29 heavy (non-hydrogen) atoms. The maximum absolute atomic E-state index is 15.1. The topological polar surface area (TPSA) is 9.23 Å². The van der Waals surface area contributed by atoms with Gasteiger partial charge in [0.05, 0.1) is 6.10 Å². The lowest BCUT2D eigenvalue weighted by molar-refractivity contribution is -0.0926. The van der Waals surface area contributed by atoms with Crippen molar-refractivity contribution in [1.29, 1.82) is 0 Å². The van der Waals surface area contributed by atoms with Gasteiger partial charge < -0.3 is 4.74 Å². The van der Waals surface area contributed by atoms with Crippen molar-refractivity contribution in [2.75, 3.05) is 6.61 Å². The molecule has 7 unspecified atom stereocenters. The first-order valence-corrected chi connectivity index (χ1v) is 12.5. The van der Waals surface area contributed by atoms with Crippen LogP contribution in [0.15, 0.2) is 0 Å². The van der Waals surface area contributed by atoms with Crippen molar-refractivity contribution in [3.05, 3.63) is 0 Å². The van der Waals surface area contributed by atoms with Crippen molar-refractivity contribution < 1.29 is 17.9 Å². The number of ether oxygens (including phenoxy) is 1. The van der Waals surface area contributed by atoms with Gasteiger partial charge in [-0.2, -0.15) is 0 Å². The molecule has 3 fully saturated rings. The van der Waals surface area contributed by atoms with Crippen LogP contribution < -0.4 is 0 Å². The van der Waals surface area contributed by atoms with E-state index in [1.807, 2.05) is 0 Å². The van der Waals surface area contributed by atoms with E-state index in [0.717, 1.165) is 57.3 Å². The van der Waals surface area contributed by atoms with Gasteiger partial charge in [0.25, 0.3) is 0 Å². The SMILES string of the molecule is CCCCCCOC1CCC(C2CCC(C3CCC(C)CC3)C(F)C2)C(F)C1F. The van der Waals surface area contributed by atoms with E-state index in [1.54, 1.807) is 0 Å². The van der Waals surface area contributed by atoms with Crippen LogP contribution >= 0.6 is 0 Å². The lowest BCUT2D eigenvalue weighted by Crippen LogP contribution is -2.47. The van der Waals surface area contributed by atoms with Crippen molar-refractivity contribution in [3.63, 3.8) is 0 Å². The van der Waals surface area contributed by atoms with E-state index in [4.69, 9.17) is 4.74 Å². The van der Waals surface area contributed by atoms with Crippen molar-refractivity contribution in [3.8, 4) is 0 Å². The number of hydrogen-bond acceptors (Lipinski definition) is 1. The van der Waals surface area contributed by atoms with Crippen LogP contribution in [0.3, 0.4) is 0 Å². The van der Waals surface area contributed by atoms with Crippen LogP contribution in [0.4, 0.5) is 13.2 Å². The van der Waals surface area contributed by atoms with Gasteiger partial charge in [-0.25, -0.2) is 13.2 Å². The molecule has 3 aliphatic carbocycles. The minimum Gasteiger partial charge on any atom is -0.375 e. The van der Waals surface area contributed by atoms with E-state index in [1.165, 1.54) is 12.8 Å². The summed E-state index contributed by atoms with van der Waals surface area (Å²) in [6.45, 7) is 4.97. The summed E-state index contributed by atoms with van der Waals surface area (Å²) >= 11 is 0. The molecule has 0 saturated heterocycles. The van der Waals surface area contributed by atoms with Gasteiger partial charge in [-0.05, 0) is 81.0 Å². The Morgan fingerprint density at radius 3 is 2.10 bits per heavy atom.